The van der Waals surface area contributed by atoms with Crippen molar-refractivity contribution in [1.82, 2.24) is 20.2 Å². The molecule has 3 aromatic rings. The average Bonchev–Trinajstić information content (AvgIpc) is 3.07. The van der Waals surface area contributed by atoms with Gasteiger partial charge in [0.15, 0.2) is 5.82 Å². The van der Waals surface area contributed by atoms with Crippen LogP contribution < -0.4 is 11.2 Å². The van der Waals surface area contributed by atoms with Gasteiger partial charge >= 0.3 is 0 Å². The second-order valence-corrected chi connectivity index (χ2v) is 8.01. The molecule has 3 N–H and O–H groups in total. The summed E-state index contributed by atoms with van der Waals surface area (Å²) in [5.74, 6) is 6.76. The molecule has 0 bridgehead atoms. The first-order valence-corrected chi connectivity index (χ1v) is 10.4. The molecule has 2 aromatic carbocycles. The Morgan fingerprint density at radius 1 is 1.21 bits per heavy atom. The molecule has 28 heavy (non-hydrogen) atoms. The van der Waals surface area contributed by atoms with Gasteiger partial charge in [0.2, 0.25) is 11.1 Å². The normalized spacial score (nSPS) is 15.8. The van der Waals surface area contributed by atoms with Crippen molar-refractivity contribution >= 4 is 29.3 Å². The number of carbonyl (C=O) groups excluding carboxylic acids is 1. The van der Waals surface area contributed by atoms with Gasteiger partial charge in [-0.25, -0.2) is 4.68 Å². The van der Waals surface area contributed by atoms with E-state index in [1.165, 1.54) is 27.6 Å². The minimum atomic E-state index is -0.0472. The number of nitrogens with two attached hydrogens (primary N) is 1. The Balaban J connectivity index is 1.41. The van der Waals surface area contributed by atoms with E-state index in [1.54, 1.807) is 6.07 Å². The van der Waals surface area contributed by atoms with Crippen molar-refractivity contribution in [2.24, 2.45) is 0 Å². The van der Waals surface area contributed by atoms with E-state index in [4.69, 9.17) is 17.4 Å². The third-order valence-corrected chi connectivity index (χ3v) is 6.09. The zero-order valence-corrected chi connectivity index (χ0v) is 16.7. The highest BCUT2D eigenvalue weighted by Crippen LogP contribution is 2.30. The molecule has 0 spiro atoms. The van der Waals surface area contributed by atoms with E-state index in [2.05, 4.69) is 27.6 Å². The van der Waals surface area contributed by atoms with Crippen LogP contribution in [0.25, 0.3) is 11.4 Å². The predicted octanol–water partition coefficient (Wildman–Crippen LogP) is 3.60. The second kappa shape index (κ2) is 8.24. The minimum Gasteiger partial charge on any atom is -0.349 e. The Morgan fingerprint density at radius 2 is 2.00 bits per heavy atom. The molecule has 1 heterocycles. The van der Waals surface area contributed by atoms with Gasteiger partial charge in [-0.1, -0.05) is 59.8 Å². The summed E-state index contributed by atoms with van der Waals surface area (Å²) in [6.07, 6.45) is 3.10. The van der Waals surface area contributed by atoms with Crippen LogP contribution in [0, 0.1) is 0 Å². The fourth-order valence-electron chi connectivity index (χ4n) is 3.47. The summed E-state index contributed by atoms with van der Waals surface area (Å²) in [5.41, 5.74) is 3.24. The zero-order valence-electron chi connectivity index (χ0n) is 15.1. The summed E-state index contributed by atoms with van der Waals surface area (Å²) in [7, 11) is 0. The number of fused-ring (bicyclic) bond motifs is 1. The molecule has 0 saturated heterocycles. The van der Waals surface area contributed by atoms with E-state index < -0.39 is 0 Å². The molecule has 1 aliphatic carbocycles. The van der Waals surface area contributed by atoms with Crippen molar-refractivity contribution in [3.05, 3.63) is 64.7 Å². The van der Waals surface area contributed by atoms with E-state index >= 15 is 0 Å². The lowest BCUT2D eigenvalue weighted by Gasteiger charge is -2.26. The Hall–Kier alpha value is -2.51. The number of amides is 1. The maximum Gasteiger partial charge on any atom is 0.230 e. The lowest BCUT2D eigenvalue weighted by Crippen LogP contribution is -2.32. The fourth-order valence-corrected chi connectivity index (χ4v) is 4.36. The Morgan fingerprint density at radius 3 is 2.86 bits per heavy atom. The molecule has 8 heteroatoms. The van der Waals surface area contributed by atoms with Crippen LogP contribution >= 0.6 is 23.4 Å². The third kappa shape index (κ3) is 3.86. The largest absolute Gasteiger partial charge is 0.349 e. The summed E-state index contributed by atoms with van der Waals surface area (Å²) < 4.78 is 1.37. The number of hydrogen-bond donors (Lipinski definition) is 2. The van der Waals surface area contributed by atoms with Crippen molar-refractivity contribution in [1.29, 1.82) is 0 Å². The van der Waals surface area contributed by atoms with Gasteiger partial charge in [-0.05, 0) is 42.5 Å². The number of halogens is 1. The maximum atomic E-state index is 12.5. The Kier molecular flexibility index (Phi) is 5.54. The number of nitrogen functional groups attached to an aromatic ring is 1. The molecule has 1 aliphatic rings. The molecule has 0 radical (unpaired) electrons. The number of benzene rings is 2. The van der Waals surface area contributed by atoms with Gasteiger partial charge in [0.25, 0.3) is 0 Å². The molecule has 0 fully saturated rings. The number of nitrogens with zero attached hydrogens (tertiary/aromatic N) is 3. The smallest absolute Gasteiger partial charge is 0.230 e. The van der Waals surface area contributed by atoms with Crippen LogP contribution in [0.3, 0.4) is 0 Å². The van der Waals surface area contributed by atoms with E-state index in [-0.39, 0.29) is 17.7 Å². The van der Waals surface area contributed by atoms with Crippen LogP contribution in [0.5, 0.6) is 0 Å². The molecule has 1 amide bonds. The molecule has 6 nitrogen and oxygen atoms in total. The molecule has 0 unspecified atom stereocenters. The Labute approximate surface area is 172 Å². The van der Waals surface area contributed by atoms with Gasteiger partial charge in [-0.3, -0.25) is 4.79 Å². The van der Waals surface area contributed by atoms with Crippen molar-refractivity contribution in [2.45, 2.75) is 30.5 Å². The number of hydrogen-bond acceptors (Lipinski definition) is 5. The highest BCUT2D eigenvalue weighted by Gasteiger charge is 2.22. The van der Waals surface area contributed by atoms with Gasteiger partial charge in [0, 0.05) is 5.56 Å². The zero-order chi connectivity index (χ0) is 19.5. The molecular formula is C20H20ClN5OS. The SMILES string of the molecule is Nn1c(SCC(=O)N[C@@H]2CCCc3ccccc32)nnc1-c1ccccc1Cl. The number of carbonyl (C=O) groups is 1. The first kappa shape index (κ1) is 18.8. The highest BCUT2D eigenvalue weighted by molar-refractivity contribution is 7.99. The molecule has 1 aromatic heterocycles. The van der Waals surface area contributed by atoms with E-state index in [1.807, 2.05) is 30.3 Å². The summed E-state index contributed by atoms with van der Waals surface area (Å²) in [6, 6.07) is 15.7. The first-order valence-electron chi connectivity index (χ1n) is 9.09. The first-order chi connectivity index (χ1) is 13.6. The standard InChI is InChI=1S/C20H20ClN5OS/c21-16-10-4-3-9-15(16)19-24-25-20(26(19)22)28-12-18(27)23-17-11-5-7-13-6-1-2-8-14(13)17/h1-4,6,8-10,17H,5,7,11-12,22H2,(H,23,27)/t17-/m1/s1. The molecule has 4 rings (SSSR count). The summed E-state index contributed by atoms with van der Waals surface area (Å²) in [6.45, 7) is 0. The maximum absolute atomic E-state index is 12.5. The lowest BCUT2D eigenvalue weighted by atomic mass is 9.88. The van der Waals surface area contributed by atoms with E-state index in [9.17, 15) is 4.79 Å². The van der Waals surface area contributed by atoms with Gasteiger partial charge in [0.05, 0.1) is 16.8 Å². The topological polar surface area (TPSA) is 85.8 Å². The summed E-state index contributed by atoms with van der Waals surface area (Å²) in [5, 5.41) is 12.4. The van der Waals surface area contributed by atoms with Crippen molar-refractivity contribution in [3.63, 3.8) is 0 Å². The number of rotatable bonds is 5. The number of thioether (sulfide) groups is 1. The molecule has 144 valence electrons. The molecular weight excluding hydrogens is 394 g/mol. The predicted molar refractivity (Wildman–Crippen MR) is 112 cm³/mol. The van der Waals surface area contributed by atoms with E-state index in [0.29, 0.717) is 21.6 Å². The summed E-state index contributed by atoms with van der Waals surface area (Å²) >= 11 is 7.47. The second-order valence-electron chi connectivity index (χ2n) is 6.66. The van der Waals surface area contributed by atoms with Crippen LogP contribution in [0.1, 0.15) is 30.0 Å². The highest BCUT2D eigenvalue weighted by atomic mass is 35.5. The van der Waals surface area contributed by atoms with Gasteiger partial charge in [-0.2, -0.15) is 0 Å². The third-order valence-electron chi connectivity index (χ3n) is 4.82. The molecule has 1 atom stereocenters. The number of nitrogens with one attached hydrogen (secondary N) is 1. The van der Waals surface area contributed by atoms with Crippen molar-refractivity contribution in [2.75, 3.05) is 11.6 Å². The number of aryl methyl sites for hydroxylation is 1. The van der Waals surface area contributed by atoms with Crippen LogP contribution in [0.2, 0.25) is 5.02 Å². The van der Waals surface area contributed by atoms with Crippen LogP contribution in [0.15, 0.2) is 53.7 Å². The van der Waals surface area contributed by atoms with Crippen LogP contribution in [-0.4, -0.2) is 26.5 Å². The van der Waals surface area contributed by atoms with Crippen LogP contribution in [-0.2, 0) is 11.2 Å². The minimum absolute atomic E-state index is 0.0472. The quantitative estimate of drug-likeness (QED) is 0.493. The van der Waals surface area contributed by atoms with Gasteiger partial charge in [-0.15, -0.1) is 10.2 Å². The molecule has 0 saturated carbocycles. The number of aromatic nitrogens is 3. The van der Waals surface area contributed by atoms with Crippen molar-refractivity contribution < 1.29 is 4.79 Å². The van der Waals surface area contributed by atoms with Gasteiger partial charge in [0.1, 0.15) is 0 Å². The molecule has 0 aliphatic heterocycles. The van der Waals surface area contributed by atoms with Crippen LogP contribution in [0.4, 0.5) is 0 Å². The van der Waals surface area contributed by atoms with Gasteiger partial charge < -0.3 is 11.2 Å². The lowest BCUT2D eigenvalue weighted by molar-refractivity contribution is -0.119. The summed E-state index contributed by atoms with van der Waals surface area (Å²) in [4.78, 5) is 12.5. The average molecular weight is 414 g/mol. The monoisotopic (exact) mass is 413 g/mol. The fraction of sp³-hybridized carbons (Fsp3) is 0.250. The Bertz CT molecular complexity index is 1010. The van der Waals surface area contributed by atoms with E-state index in [0.717, 1.165) is 19.3 Å². The van der Waals surface area contributed by atoms with Crippen molar-refractivity contribution in [3.8, 4) is 11.4 Å².